The van der Waals surface area contributed by atoms with Crippen molar-refractivity contribution >= 4 is 0 Å². The second-order valence-corrected chi connectivity index (χ2v) is 11.6. The van der Waals surface area contributed by atoms with Gasteiger partial charge in [0.1, 0.15) is 6.61 Å². The predicted octanol–water partition coefficient (Wildman–Crippen LogP) is 4.41. The molecule has 168 valence electrons. The van der Waals surface area contributed by atoms with Crippen LogP contribution in [0, 0.1) is 34.5 Å². The summed E-state index contributed by atoms with van der Waals surface area (Å²) in [5, 5.41) is 34.5. The lowest BCUT2D eigenvalue weighted by Gasteiger charge is -2.63. The van der Waals surface area contributed by atoms with Crippen LogP contribution < -0.4 is 0 Å². The Morgan fingerprint density at radius 3 is 2.60 bits per heavy atom. The molecule has 4 aliphatic rings. The Bertz CT molecular complexity index is 775. The number of fused-ring (bicyclic) bond motifs is 5. The van der Waals surface area contributed by atoms with E-state index in [2.05, 4.69) is 12.1 Å². The summed E-state index contributed by atoms with van der Waals surface area (Å²) < 4.78 is 5.34. The van der Waals surface area contributed by atoms with Crippen LogP contribution in [0.15, 0.2) is 10.6 Å². The zero-order chi connectivity index (χ0) is 21.1. The molecule has 0 spiro atoms. The zero-order valence-corrected chi connectivity index (χ0v) is 18.6. The fourth-order valence-corrected chi connectivity index (χ4v) is 8.99. The van der Waals surface area contributed by atoms with E-state index in [1.54, 1.807) is 0 Å². The van der Waals surface area contributed by atoms with Crippen molar-refractivity contribution < 1.29 is 19.8 Å². The van der Waals surface area contributed by atoms with Gasteiger partial charge in [0.05, 0.1) is 11.3 Å². The molecule has 1 unspecified atom stereocenters. The Balaban J connectivity index is 1.43. The lowest BCUT2D eigenvalue weighted by atomic mass is 9.42. The summed E-state index contributed by atoms with van der Waals surface area (Å²) >= 11 is 0. The number of aliphatic hydroxyl groups is 3. The standard InChI is InChI=1S/C25H39NO4/c1-23(29)9-10-25(11-12-27)16(14-23)3-4-18-19-5-6-21(22-13-17(15-28)30-26-22)24(19,2)8-7-20(18)25/h13,16,18-21,27-29H,3-12,14-15H2,1-2H3/t16-,18?,19-,20-,21+,23+,24-,25+/m0/s1. The van der Waals surface area contributed by atoms with Crippen molar-refractivity contribution in [3.05, 3.63) is 17.5 Å². The molecule has 0 aromatic carbocycles. The van der Waals surface area contributed by atoms with Crippen molar-refractivity contribution in [2.24, 2.45) is 34.5 Å². The van der Waals surface area contributed by atoms with Crippen LogP contribution in [-0.2, 0) is 6.61 Å². The molecule has 0 bridgehead atoms. The molecule has 5 rings (SSSR count). The summed E-state index contributed by atoms with van der Waals surface area (Å²) in [6.07, 6.45) is 11.1. The smallest absolute Gasteiger partial charge is 0.162 e. The number of rotatable bonds is 4. The Hall–Kier alpha value is -0.910. The van der Waals surface area contributed by atoms with Gasteiger partial charge >= 0.3 is 0 Å². The van der Waals surface area contributed by atoms with Crippen LogP contribution in [0.3, 0.4) is 0 Å². The van der Waals surface area contributed by atoms with Gasteiger partial charge in [0, 0.05) is 18.6 Å². The monoisotopic (exact) mass is 417 g/mol. The quantitative estimate of drug-likeness (QED) is 0.676. The molecule has 0 amide bonds. The summed E-state index contributed by atoms with van der Waals surface area (Å²) in [6.45, 7) is 4.68. The molecule has 1 heterocycles. The van der Waals surface area contributed by atoms with E-state index in [0.29, 0.717) is 29.4 Å². The second kappa shape index (κ2) is 7.31. The number of hydrogen-bond donors (Lipinski definition) is 3. The molecule has 30 heavy (non-hydrogen) atoms. The van der Waals surface area contributed by atoms with Crippen LogP contribution in [0.2, 0.25) is 0 Å². The maximum Gasteiger partial charge on any atom is 0.162 e. The molecule has 4 aliphatic carbocycles. The van der Waals surface area contributed by atoms with E-state index in [1.165, 1.54) is 32.1 Å². The zero-order valence-electron chi connectivity index (χ0n) is 18.6. The van der Waals surface area contributed by atoms with Crippen molar-refractivity contribution in [3.8, 4) is 0 Å². The molecular formula is C25H39NO4. The predicted molar refractivity (Wildman–Crippen MR) is 114 cm³/mol. The van der Waals surface area contributed by atoms with Crippen LogP contribution in [0.1, 0.15) is 95.4 Å². The van der Waals surface area contributed by atoms with Gasteiger partial charge in [0.25, 0.3) is 0 Å². The van der Waals surface area contributed by atoms with Gasteiger partial charge in [-0.3, -0.25) is 0 Å². The number of aromatic nitrogens is 1. The molecular weight excluding hydrogens is 378 g/mol. The molecule has 0 aliphatic heterocycles. The first-order valence-corrected chi connectivity index (χ1v) is 12.2. The first kappa shape index (κ1) is 21.0. The SMILES string of the molecule is C[C@@]1(O)CC[C@@]2(CCO)[C@@H](CCC3[C@@H]4CC[C@H](c5cc(CO)on5)[C@@]4(C)CC[C@@H]32)C1. The molecule has 5 heteroatoms. The summed E-state index contributed by atoms with van der Waals surface area (Å²) in [4.78, 5) is 0. The first-order valence-electron chi connectivity index (χ1n) is 12.2. The van der Waals surface area contributed by atoms with E-state index in [0.717, 1.165) is 43.7 Å². The number of nitrogens with zero attached hydrogens (tertiary/aromatic N) is 1. The highest BCUT2D eigenvalue weighted by Crippen LogP contribution is 2.70. The average molecular weight is 418 g/mol. The molecule has 3 N–H and O–H groups in total. The minimum atomic E-state index is -0.532. The minimum absolute atomic E-state index is 0.0839. The lowest BCUT2D eigenvalue weighted by Crippen LogP contribution is -2.56. The second-order valence-electron chi connectivity index (χ2n) is 11.6. The van der Waals surface area contributed by atoms with Crippen molar-refractivity contribution in [2.75, 3.05) is 6.61 Å². The van der Waals surface area contributed by atoms with E-state index in [9.17, 15) is 15.3 Å². The van der Waals surface area contributed by atoms with E-state index in [4.69, 9.17) is 4.52 Å². The largest absolute Gasteiger partial charge is 0.396 e. The van der Waals surface area contributed by atoms with Crippen LogP contribution in [0.4, 0.5) is 0 Å². The third-order valence-electron chi connectivity index (χ3n) is 10.3. The Morgan fingerprint density at radius 1 is 1.03 bits per heavy atom. The van der Waals surface area contributed by atoms with Crippen molar-refractivity contribution in [1.82, 2.24) is 5.16 Å². The van der Waals surface area contributed by atoms with Crippen molar-refractivity contribution in [1.29, 1.82) is 0 Å². The van der Waals surface area contributed by atoms with Gasteiger partial charge in [0.15, 0.2) is 5.76 Å². The van der Waals surface area contributed by atoms with Crippen LogP contribution in [0.5, 0.6) is 0 Å². The molecule has 1 aromatic heterocycles. The molecule has 4 saturated carbocycles. The van der Waals surface area contributed by atoms with Gasteiger partial charge in [-0.1, -0.05) is 12.1 Å². The van der Waals surface area contributed by atoms with Gasteiger partial charge in [-0.15, -0.1) is 0 Å². The summed E-state index contributed by atoms with van der Waals surface area (Å²) in [7, 11) is 0. The maximum absolute atomic E-state index is 10.8. The fraction of sp³-hybridized carbons (Fsp3) is 0.880. The van der Waals surface area contributed by atoms with Crippen LogP contribution >= 0.6 is 0 Å². The van der Waals surface area contributed by atoms with E-state index < -0.39 is 5.60 Å². The minimum Gasteiger partial charge on any atom is -0.396 e. The molecule has 1 aromatic rings. The average Bonchev–Trinajstić information content (AvgIpc) is 3.31. The summed E-state index contributed by atoms with van der Waals surface area (Å²) in [6, 6.07) is 1.97. The Labute approximate surface area is 180 Å². The maximum atomic E-state index is 10.8. The highest BCUT2D eigenvalue weighted by atomic mass is 16.5. The Kier molecular flexibility index (Phi) is 5.11. The highest BCUT2D eigenvalue weighted by Gasteiger charge is 2.62. The van der Waals surface area contributed by atoms with Crippen LogP contribution in [-0.4, -0.2) is 32.7 Å². The third kappa shape index (κ3) is 3.02. The van der Waals surface area contributed by atoms with Crippen LogP contribution in [0.25, 0.3) is 0 Å². The van der Waals surface area contributed by atoms with E-state index in [-0.39, 0.29) is 24.0 Å². The summed E-state index contributed by atoms with van der Waals surface area (Å²) in [5.41, 5.74) is 0.972. The molecule has 8 atom stereocenters. The first-order chi connectivity index (χ1) is 14.3. The van der Waals surface area contributed by atoms with Crippen molar-refractivity contribution in [2.45, 2.75) is 96.2 Å². The molecule has 0 radical (unpaired) electrons. The molecule has 5 nitrogen and oxygen atoms in total. The Morgan fingerprint density at radius 2 is 1.87 bits per heavy atom. The normalized spacial score (nSPS) is 48.1. The van der Waals surface area contributed by atoms with Crippen molar-refractivity contribution in [3.63, 3.8) is 0 Å². The molecule has 0 saturated heterocycles. The van der Waals surface area contributed by atoms with Gasteiger partial charge < -0.3 is 19.8 Å². The fourth-order valence-electron chi connectivity index (χ4n) is 8.99. The van der Waals surface area contributed by atoms with Gasteiger partial charge in [-0.05, 0) is 106 Å². The molecule has 4 fully saturated rings. The van der Waals surface area contributed by atoms with Gasteiger partial charge in [-0.25, -0.2) is 0 Å². The van der Waals surface area contributed by atoms with E-state index >= 15 is 0 Å². The third-order valence-corrected chi connectivity index (χ3v) is 10.3. The van der Waals surface area contributed by atoms with Gasteiger partial charge in [0.2, 0.25) is 0 Å². The lowest BCUT2D eigenvalue weighted by molar-refractivity contribution is -0.158. The van der Waals surface area contributed by atoms with E-state index in [1.807, 2.05) is 13.0 Å². The van der Waals surface area contributed by atoms with Gasteiger partial charge in [-0.2, -0.15) is 0 Å². The topological polar surface area (TPSA) is 86.7 Å². The highest BCUT2D eigenvalue weighted by molar-refractivity contribution is 5.20. The number of aliphatic hydroxyl groups excluding tert-OH is 2. The summed E-state index contributed by atoms with van der Waals surface area (Å²) in [5.74, 6) is 3.66. The number of hydrogen-bond acceptors (Lipinski definition) is 5.